The molecule has 7 heteroatoms. The number of halogens is 5. The van der Waals surface area contributed by atoms with Gasteiger partial charge in [0.05, 0.1) is 30.0 Å². The van der Waals surface area contributed by atoms with Crippen LogP contribution in [0.3, 0.4) is 0 Å². The van der Waals surface area contributed by atoms with Crippen molar-refractivity contribution in [2.24, 2.45) is 0 Å². The van der Waals surface area contributed by atoms with Gasteiger partial charge in [-0.15, -0.1) is 0 Å². The maximum atomic E-state index is 6.16. The van der Waals surface area contributed by atoms with Crippen LogP contribution in [0.5, 0.6) is 0 Å². The Morgan fingerprint density at radius 1 is 0.800 bits per heavy atom. The van der Waals surface area contributed by atoms with Gasteiger partial charge in [-0.3, -0.25) is 0 Å². The van der Waals surface area contributed by atoms with Crippen molar-refractivity contribution in [2.45, 2.75) is 11.8 Å². The number of anilines is 1. The maximum absolute atomic E-state index is 6.16. The molecule has 0 radical (unpaired) electrons. The van der Waals surface area contributed by atoms with Crippen molar-refractivity contribution in [3.8, 4) is 0 Å². The number of para-hydroxylation sites is 1. The minimum absolute atomic E-state index is 0.156. The Labute approximate surface area is 146 Å². The van der Waals surface area contributed by atoms with Crippen molar-refractivity contribution < 1.29 is 0 Å². The first-order valence-electron chi connectivity index (χ1n) is 5.43. The zero-order valence-corrected chi connectivity index (χ0v) is 14.7. The monoisotopic (exact) mass is 385 g/mol. The molecule has 20 heavy (non-hydrogen) atoms. The Balaban J connectivity index is 2.33. The molecule has 2 aromatic carbocycles. The van der Waals surface area contributed by atoms with E-state index in [1.807, 2.05) is 31.2 Å². The Hall–Kier alpha value is 0.0400. The Morgan fingerprint density at radius 2 is 1.30 bits per heavy atom. The average molecular weight is 388 g/mol. The lowest BCUT2D eigenvalue weighted by Crippen LogP contribution is -1.92. The molecule has 0 fully saturated rings. The predicted molar refractivity (Wildman–Crippen MR) is 92.2 cm³/mol. The summed E-state index contributed by atoms with van der Waals surface area (Å²) in [6.07, 6.45) is 0. The van der Waals surface area contributed by atoms with Crippen LogP contribution in [-0.4, -0.2) is 0 Å². The van der Waals surface area contributed by atoms with Gasteiger partial charge in [0.15, 0.2) is 0 Å². The molecule has 0 aromatic heterocycles. The van der Waals surface area contributed by atoms with Gasteiger partial charge in [-0.25, -0.2) is 0 Å². The molecule has 0 saturated heterocycles. The summed E-state index contributed by atoms with van der Waals surface area (Å²) in [5.74, 6) is 0. The zero-order valence-electron chi connectivity index (χ0n) is 10.1. The van der Waals surface area contributed by atoms with Crippen LogP contribution in [0.15, 0.2) is 29.2 Å². The van der Waals surface area contributed by atoms with Gasteiger partial charge in [0.2, 0.25) is 0 Å². The molecule has 0 atom stereocenters. The van der Waals surface area contributed by atoms with E-state index in [-0.39, 0.29) is 25.1 Å². The molecule has 0 saturated carbocycles. The SMILES string of the molecule is Cc1ccccc1NSc1c(Cl)c(Cl)c(Cl)c(Cl)c1Cl. The second-order valence-corrected chi connectivity index (χ2v) is 6.62. The third kappa shape index (κ3) is 3.27. The summed E-state index contributed by atoms with van der Waals surface area (Å²) < 4.78 is 3.17. The highest BCUT2D eigenvalue weighted by molar-refractivity contribution is 8.00. The molecule has 1 N–H and O–H groups in total. The number of nitrogens with one attached hydrogen (secondary N) is 1. The molecule has 106 valence electrons. The van der Waals surface area contributed by atoms with Crippen LogP contribution in [0.25, 0.3) is 0 Å². The summed E-state index contributed by atoms with van der Waals surface area (Å²) in [7, 11) is 0. The highest BCUT2D eigenvalue weighted by Gasteiger charge is 2.19. The maximum Gasteiger partial charge on any atom is 0.0809 e. The van der Waals surface area contributed by atoms with E-state index in [0.29, 0.717) is 4.90 Å². The van der Waals surface area contributed by atoms with Gasteiger partial charge in [0.1, 0.15) is 0 Å². The number of rotatable bonds is 3. The molecule has 0 aliphatic heterocycles. The highest BCUT2D eigenvalue weighted by Crippen LogP contribution is 2.47. The molecule has 0 heterocycles. The first-order valence-corrected chi connectivity index (χ1v) is 8.14. The standard InChI is InChI=1S/C13H8Cl5NS/c1-6-4-2-3-5-7(6)19-20-13-11(17)9(15)8(14)10(16)12(13)18/h2-5,19H,1H3. The van der Waals surface area contributed by atoms with Gasteiger partial charge < -0.3 is 4.72 Å². The molecule has 0 aliphatic carbocycles. The third-order valence-electron chi connectivity index (χ3n) is 2.58. The van der Waals surface area contributed by atoms with Gasteiger partial charge in [0.25, 0.3) is 0 Å². The van der Waals surface area contributed by atoms with E-state index >= 15 is 0 Å². The lowest BCUT2D eigenvalue weighted by atomic mass is 10.2. The summed E-state index contributed by atoms with van der Waals surface area (Å²) in [6.45, 7) is 1.99. The smallest absolute Gasteiger partial charge is 0.0809 e. The van der Waals surface area contributed by atoms with Crippen molar-refractivity contribution in [1.82, 2.24) is 0 Å². The fourth-order valence-electron chi connectivity index (χ4n) is 1.47. The van der Waals surface area contributed by atoms with E-state index in [2.05, 4.69) is 4.72 Å². The predicted octanol–water partition coefficient (Wildman–Crippen LogP) is 7.38. The fourth-order valence-corrected chi connectivity index (χ4v) is 3.77. The van der Waals surface area contributed by atoms with Crippen LogP contribution < -0.4 is 4.72 Å². The molecule has 0 bridgehead atoms. The molecule has 0 spiro atoms. The molecule has 2 rings (SSSR count). The van der Waals surface area contributed by atoms with Crippen LogP contribution in [-0.2, 0) is 0 Å². The lowest BCUT2D eigenvalue weighted by molar-refractivity contribution is 1.44. The van der Waals surface area contributed by atoms with Gasteiger partial charge in [-0.1, -0.05) is 76.2 Å². The van der Waals surface area contributed by atoms with Crippen LogP contribution in [0, 0.1) is 6.92 Å². The molecule has 2 aromatic rings. The van der Waals surface area contributed by atoms with Gasteiger partial charge >= 0.3 is 0 Å². The van der Waals surface area contributed by atoms with Crippen molar-refractivity contribution in [2.75, 3.05) is 4.72 Å². The van der Waals surface area contributed by atoms with E-state index in [4.69, 9.17) is 58.0 Å². The summed E-state index contributed by atoms with van der Waals surface area (Å²) in [6, 6.07) is 7.83. The topological polar surface area (TPSA) is 12.0 Å². The summed E-state index contributed by atoms with van der Waals surface area (Å²) in [4.78, 5) is 0.538. The van der Waals surface area contributed by atoms with Crippen LogP contribution in [0.4, 0.5) is 5.69 Å². The number of aryl methyl sites for hydroxylation is 1. The fraction of sp³-hybridized carbons (Fsp3) is 0.0769. The van der Waals surface area contributed by atoms with E-state index in [0.717, 1.165) is 11.3 Å². The number of hydrogen-bond donors (Lipinski definition) is 1. The molecule has 0 amide bonds. The number of hydrogen-bond acceptors (Lipinski definition) is 2. The summed E-state index contributed by atoms with van der Waals surface area (Å²) >= 11 is 31.5. The average Bonchev–Trinajstić information content (AvgIpc) is 2.45. The van der Waals surface area contributed by atoms with Crippen molar-refractivity contribution in [3.63, 3.8) is 0 Å². The Kier molecular flexibility index (Phi) is 5.63. The van der Waals surface area contributed by atoms with Crippen LogP contribution in [0.1, 0.15) is 5.56 Å². The van der Waals surface area contributed by atoms with E-state index < -0.39 is 0 Å². The van der Waals surface area contributed by atoms with Crippen molar-refractivity contribution in [1.29, 1.82) is 0 Å². The zero-order chi connectivity index (χ0) is 14.9. The molecular formula is C13H8Cl5NS. The molecule has 1 nitrogen and oxygen atoms in total. The lowest BCUT2D eigenvalue weighted by Gasteiger charge is -2.13. The van der Waals surface area contributed by atoms with Gasteiger partial charge in [-0.05, 0) is 30.5 Å². The largest absolute Gasteiger partial charge is 0.325 e. The van der Waals surface area contributed by atoms with E-state index in [1.165, 1.54) is 11.9 Å². The first kappa shape index (κ1) is 16.4. The van der Waals surface area contributed by atoms with Gasteiger partial charge in [0, 0.05) is 5.69 Å². The van der Waals surface area contributed by atoms with E-state index in [1.54, 1.807) is 0 Å². The normalized spacial score (nSPS) is 10.7. The first-order chi connectivity index (χ1) is 9.43. The molecular weight excluding hydrogens is 379 g/mol. The summed E-state index contributed by atoms with van der Waals surface area (Å²) in [5, 5.41) is 1.09. The summed E-state index contributed by atoms with van der Waals surface area (Å²) in [5.41, 5.74) is 2.05. The quantitative estimate of drug-likeness (QED) is 0.335. The van der Waals surface area contributed by atoms with Crippen molar-refractivity contribution >= 4 is 75.6 Å². The van der Waals surface area contributed by atoms with Crippen LogP contribution >= 0.6 is 70.0 Å². The molecule has 0 aliphatic rings. The second kappa shape index (κ2) is 6.87. The second-order valence-electron chi connectivity index (χ2n) is 3.92. The Bertz CT molecular complexity index is 630. The minimum Gasteiger partial charge on any atom is -0.325 e. The van der Waals surface area contributed by atoms with Crippen molar-refractivity contribution in [3.05, 3.63) is 54.9 Å². The Morgan fingerprint density at radius 3 is 1.85 bits per heavy atom. The van der Waals surface area contributed by atoms with E-state index in [9.17, 15) is 0 Å². The van der Waals surface area contributed by atoms with Crippen LogP contribution in [0.2, 0.25) is 25.1 Å². The molecule has 0 unspecified atom stereocenters. The highest BCUT2D eigenvalue weighted by atomic mass is 35.5. The number of benzene rings is 2. The van der Waals surface area contributed by atoms with Gasteiger partial charge in [-0.2, -0.15) is 0 Å². The minimum atomic E-state index is 0.156. The third-order valence-corrected chi connectivity index (χ3v) is 6.01.